The standard InChI is InChI=1S/C20H18FNO3/c21-18-7-3-6-17(12-18)20(8-10-24-11-9-20)19(23)25-14-16-5-2-1-4-15(16)13-22/h1-7,12H,8-11,14H2. The van der Waals surface area contributed by atoms with Crippen LogP contribution in [0.3, 0.4) is 0 Å². The number of halogens is 1. The van der Waals surface area contributed by atoms with E-state index in [-0.39, 0.29) is 12.4 Å². The second kappa shape index (κ2) is 7.45. The fourth-order valence-electron chi connectivity index (χ4n) is 3.15. The molecule has 0 amide bonds. The third-order valence-corrected chi connectivity index (χ3v) is 4.61. The van der Waals surface area contributed by atoms with E-state index in [0.29, 0.717) is 42.7 Å². The van der Waals surface area contributed by atoms with E-state index in [0.717, 1.165) is 0 Å². The van der Waals surface area contributed by atoms with Gasteiger partial charge in [0.1, 0.15) is 12.4 Å². The van der Waals surface area contributed by atoms with Gasteiger partial charge in [-0.3, -0.25) is 4.79 Å². The maximum atomic E-state index is 13.7. The number of esters is 1. The van der Waals surface area contributed by atoms with E-state index >= 15 is 0 Å². The molecule has 0 spiro atoms. The fourth-order valence-corrected chi connectivity index (χ4v) is 3.15. The van der Waals surface area contributed by atoms with Gasteiger partial charge in [0.05, 0.1) is 17.0 Å². The third kappa shape index (κ3) is 3.54. The summed E-state index contributed by atoms with van der Waals surface area (Å²) in [6.45, 7) is 0.848. The van der Waals surface area contributed by atoms with Gasteiger partial charge < -0.3 is 9.47 Å². The Labute approximate surface area is 145 Å². The molecule has 1 aliphatic heterocycles. The van der Waals surface area contributed by atoms with Crippen molar-refractivity contribution in [3.63, 3.8) is 0 Å². The highest BCUT2D eigenvalue weighted by atomic mass is 19.1. The Hall–Kier alpha value is -2.71. The summed E-state index contributed by atoms with van der Waals surface area (Å²) in [4.78, 5) is 12.9. The number of hydrogen-bond donors (Lipinski definition) is 0. The van der Waals surface area contributed by atoms with Gasteiger partial charge in [0, 0.05) is 18.8 Å². The molecule has 128 valence electrons. The quantitative estimate of drug-likeness (QED) is 0.800. The van der Waals surface area contributed by atoms with Crippen LogP contribution in [0.4, 0.5) is 4.39 Å². The van der Waals surface area contributed by atoms with Crippen LogP contribution < -0.4 is 0 Å². The highest BCUT2D eigenvalue weighted by Crippen LogP contribution is 2.36. The summed E-state index contributed by atoms with van der Waals surface area (Å²) >= 11 is 0. The minimum atomic E-state index is -0.915. The zero-order chi connectivity index (χ0) is 17.7. The van der Waals surface area contributed by atoms with E-state index in [1.54, 1.807) is 36.4 Å². The number of carbonyl (C=O) groups excluding carboxylic acids is 1. The molecule has 5 heteroatoms. The van der Waals surface area contributed by atoms with Crippen LogP contribution in [0.5, 0.6) is 0 Å². The summed E-state index contributed by atoms with van der Waals surface area (Å²) in [5, 5.41) is 9.14. The van der Waals surface area contributed by atoms with Gasteiger partial charge in [0.15, 0.2) is 0 Å². The van der Waals surface area contributed by atoms with Crippen molar-refractivity contribution < 1.29 is 18.7 Å². The van der Waals surface area contributed by atoms with Crippen LogP contribution in [0, 0.1) is 17.1 Å². The van der Waals surface area contributed by atoms with Crippen molar-refractivity contribution in [2.75, 3.05) is 13.2 Å². The number of nitrogens with zero attached hydrogens (tertiary/aromatic N) is 1. The molecule has 0 atom stereocenters. The Morgan fingerprint density at radius 2 is 1.96 bits per heavy atom. The molecule has 1 heterocycles. The van der Waals surface area contributed by atoms with Crippen molar-refractivity contribution in [3.8, 4) is 6.07 Å². The normalized spacial score (nSPS) is 16.0. The molecular formula is C20H18FNO3. The topological polar surface area (TPSA) is 59.3 Å². The average Bonchev–Trinajstić information content (AvgIpc) is 2.66. The Kier molecular flexibility index (Phi) is 5.11. The molecule has 0 aromatic heterocycles. The Balaban J connectivity index is 1.84. The second-order valence-corrected chi connectivity index (χ2v) is 6.05. The molecule has 2 aromatic rings. The molecule has 1 fully saturated rings. The lowest BCUT2D eigenvalue weighted by Gasteiger charge is -2.35. The van der Waals surface area contributed by atoms with E-state index < -0.39 is 11.4 Å². The van der Waals surface area contributed by atoms with E-state index in [2.05, 4.69) is 6.07 Å². The van der Waals surface area contributed by atoms with Crippen LogP contribution in [-0.2, 0) is 26.3 Å². The number of benzene rings is 2. The monoisotopic (exact) mass is 339 g/mol. The Bertz CT molecular complexity index is 807. The molecule has 3 rings (SSSR count). The summed E-state index contributed by atoms with van der Waals surface area (Å²) in [5.74, 6) is -0.792. The number of ether oxygens (including phenoxy) is 2. The number of nitriles is 1. The van der Waals surface area contributed by atoms with Gasteiger partial charge in [-0.15, -0.1) is 0 Å². The van der Waals surface area contributed by atoms with Gasteiger partial charge in [-0.1, -0.05) is 30.3 Å². The summed E-state index contributed by atoms with van der Waals surface area (Å²) in [6.07, 6.45) is 0.879. The summed E-state index contributed by atoms with van der Waals surface area (Å²) < 4.78 is 24.6. The molecule has 2 aromatic carbocycles. The maximum Gasteiger partial charge on any atom is 0.317 e. The van der Waals surface area contributed by atoms with Crippen molar-refractivity contribution >= 4 is 5.97 Å². The van der Waals surface area contributed by atoms with Gasteiger partial charge >= 0.3 is 5.97 Å². The van der Waals surface area contributed by atoms with Crippen molar-refractivity contribution in [2.45, 2.75) is 24.9 Å². The summed E-state index contributed by atoms with van der Waals surface area (Å²) in [7, 11) is 0. The number of carbonyl (C=O) groups is 1. The molecule has 4 nitrogen and oxygen atoms in total. The summed E-state index contributed by atoms with van der Waals surface area (Å²) in [6, 6.07) is 15.2. The van der Waals surface area contributed by atoms with Crippen molar-refractivity contribution in [1.82, 2.24) is 0 Å². The zero-order valence-corrected chi connectivity index (χ0v) is 13.7. The third-order valence-electron chi connectivity index (χ3n) is 4.61. The van der Waals surface area contributed by atoms with E-state index in [4.69, 9.17) is 14.7 Å². The minimum Gasteiger partial charge on any atom is -0.460 e. The molecule has 0 aliphatic carbocycles. The molecule has 1 saturated heterocycles. The molecule has 1 aliphatic rings. The second-order valence-electron chi connectivity index (χ2n) is 6.05. The predicted molar refractivity (Wildman–Crippen MR) is 89.1 cm³/mol. The van der Waals surface area contributed by atoms with Gasteiger partial charge in [0.2, 0.25) is 0 Å². The molecule has 0 bridgehead atoms. The molecule has 0 unspecified atom stereocenters. The smallest absolute Gasteiger partial charge is 0.317 e. The lowest BCUT2D eigenvalue weighted by atomic mass is 9.74. The SMILES string of the molecule is N#Cc1ccccc1COC(=O)C1(c2cccc(F)c2)CCOCC1. The first-order chi connectivity index (χ1) is 12.2. The Morgan fingerprint density at radius 3 is 2.68 bits per heavy atom. The minimum absolute atomic E-state index is 0.0144. The van der Waals surface area contributed by atoms with Gasteiger partial charge in [-0.25, -0.2) is 4.39 Å². The molecule has 25 heavy (non-hydrogen) atoms. The van der Waals surface area contributed by atoms with Crippen LogP contribution in [0.1, 0.15) is 29.5 Å². The molecule has 0 saturated carbocycles. The van der Waals surface area contributed by atoms with Gasteiger partial charge in [0.25, 0.3) is 0 Å². The molecule has 0 N–H and O–H groups in total. The van der Waals surface area contributed by atoms with E-state index in [1.807, 2.05) is 0 Å². The Morgan fingerprint density at radius 1 is 1.20 bits per heavy atom. The van der Waals surface area contributed by atoms with Crippen LogP contribution in [-0.4, -0.2) is 19.2 Å². The predicted octanol–water partition coefficient (Wildman–Crippen LogP) is 3.49. The lowest BCUT2D eigenvalue weighted by molar-refractivity contribution is -0.156. The average molecular weight is 339 g/mol. The summed E-state index contributed by atoms with van der Waals surface area (Å²) in [5.41, 5.74) is 0.818. The maximum absolute atomic E-state index is 13.7. The zero-order valence-electron chi connectivity index (χ0n) is 13.7. The van der Waals surface area contributed by atoms with Crippen molar-refractivity contribution in [3.05, 3.63) is 71.0 Å². The van der Waals surface area contributed by atoms with Crippen molar-refractivity contribution in [2.24, 2.45) is 0 Å². The number of hydrogen-bond acceptors (Lipinski definition) is 4. The highest BCUT2D eigenvalue weighted by molar-refractivity contribution is 5.83. The van der Waals surface area contributed by atoms with Crippen LogP contribution in [0.25, 0.3) is 0 Å². The first-order valence-electron chi connectivity index (χ1n) is 8.15. The first kappa shape index (κ1) is 17.1. The van der Waals surface area contributed by atoms with E-state index in [9.17, 15) is 9.18 Å². The van der Waals surface area contributed by atoms with Gasteiger partial charge in [-0.2, -0.15) is 5.26 Å². The van der Waals surface area contributed by atoms with Crippen LogP contribution in [0.15, 0.2) is 48.5 Å². The van der Waals surface area contributed by atoms with Crippen molar-refractivity contribution in [1.29, 1.82) is 5.26 Å². The van der Waals surface area contributed by atoms with Crippen LogP contribution in [0.2, 0.25) is 0 Å². The van der Waals surface area contributed by atoms with E-state index in [1.165, 1.54) is 12.1 Å². The lowest BCUT2D eigenvalue weighted by Crippen LogP contribution is -2.42. The number of rotatable bonds is 4. The molecular weight excluding hydrogens is 321 g/mol. The largest absolute Gasteiger partial charge is 0.460 e. The fraction of sp³-hybridized carbons (Fsp3) is 0.300. The van der Waals surface area contributed by atoms with Gasteiger partial charge in [-0.05, 0) is 36.6 Å². The van der Waals surface area contributed by atoms with Crippen LogP contribution >= 0.6 is 0 Å². The highest BCUT2D eigenvalue weighted by Gasteiger charge is 2.43. The first-order valence-corrected chi connectivity index (χ1v) is 8.15. The molecule has 0 radical (unpaired) electrons.